The van der Waals surface area contributed by atoms with E-state index in [2.05, 4.69) is 9.80 Å². The number of thioether (sulfide) groups is 1. The highest BCUT2D eigenvalue weighted by Gasteiger charge is 2.34. The molecule has 1 N–H and O–H groups in total. The number of pyridine rings is 1. The molecule has 1 aromatic heterocycles. The molecular formula is C25H26ClN5O3S2. The molecule has 1 aromatic carbocycles. The highest BCUT2D eigenvalue weighted by Crippen LogP contribution is 2.37. The number of piperazine rings is 1. The van der Waals surface area contributed by atoms with Crippen LogP contribution in [0.1, 0.15) is 22.3 Å². The molecule has 11 heteroatoms. The highest BCUT2D eigenvalue weighted by molar-refractivity contribution is 8.26. The second-order valence-corrected chi connectivity index (χ2v) is 10.7. The number of nitriles is 1. The minimum atomic E-state index is -0.369. The fraction of sp³-hybridized carbons (Fsp3) is 0.360. The van der Waals surface area contributed by atoms with Crippen LogP contribution in [0.15, 0.2) is 34.0 Å². The third kappa shape index (κ3) is 5.08. The van der Waals surface area contributed by atoms with Gasteiger partial charge in [0, 0.05) is 50.4 Å². The maximum Gasteiger partial charge on any atom is 0.270 e. The fourth-order valence-electron chi connectivity index (χ4n) is 4.48. The Morgan fingerprint density at radius 2 is 1.92 bits per heavy atom. The first-order valence-electron chi connectivity index (χ1n) is 11.5. The molecule has 2 aromatic rings. The summed E-state index contributed by atoms with van der Waals surface area (Å²) in [5, 5.41) is 19.5. The van der Waals surface area contributed by atoms with E-state index >= 15 is 0 Å². The first-order chi connectivity index (χ1) is 17.3. The van der Waals surface area contributed by atoms with E-state index in [0.29, 0.717) is 50.8 Å². The molecule has 0 spiro atoms. The van der Waals surface area contributed by atoms with Crippen molar-refractivity contribution >= 4 is 57.7 Å². The SMILES string of the molecule is Cc1c(C=C2SC(=S)N(Cc3ccccc3Cl)C2=O)c(N2CCN(CCO)CC2)n(C)c(=O)c1C#N. The van der Waals surface area contributed by atoms with Gasteiger partial charge in [-0.2, -0.15) is 5.26 Å². The first kappa shape index (κ1) is 26.4. The average Bonchev–Trinajstić information content (AvgIpc) is 3.12. The molecule has 2 fully saturated rings. The van der Waals surface area contributed by atoms with Crippen molar-refractivity contribution in [3.05, 3.63) is 66.8 Å². The van der Waals surface area contributed by atoms with Crippen LogP contribution in [-0.2, 0) is 18.4 Å². The lowest BCUT2D eigenvalue weighted by atomic mass is 10.0. The van der Waals surface area contributed by atoms with Crippen LogP contribution < -0.4 is 10.5 Å². The van der Waals surface area contributed by atoms with E-state index in [1.165, 1.54) is 21.2 Å². The number of aliphatic hydroxyl groups is 1. The Labute approximate surface area is 224 Å². The van der Waals surface area contributed by atoms with Crippen LogP contribution >= 0.6 is 35.6 Å². The van der Waals surface area contributed by atoms with Crippen molar-refractivity contribution in [1.29, 1.82) is 5.26 Å². The van der Waals surface area contributed by atoms with Crippen LogP contribution in [0, 0.1) is 18.3 Å². The number of carbonyl (C=O) groups is 1. The smallest absolute Gasteiger partial charge is 0.270 e. The standard InChI is InChI=1S/C25H26ClN5O3S2/c1-16-18(13-21-24(34)31(25(35)36-21)15-17-5-3-4-6-20(17)26)22(28(2)23(33)19(16)14-27)30-9-7-29(8-10-30)11-12-32/h3-6,13,32H,7-12,15H2,1-2H3. The van der Waals surface area contributed by atoms with Crippen molar-refractivity contribution in [2.75, 3.05) is 44.2 Å². The average molecular weight is 544 g/mol. The molecule has 0 bridgehead atoms. The van der Waals surface area contributed by atoms with Gasteiger partial charge in [0.2, 0.25) is 0 Å². The number of β-amino-alcohol motifs (C(OH)–C–C–N with tert-alkyl or cyclic N) is 1. The second-order valence-electron chi connectivity index (χ2n) is 8.62. The first-order valence-corrected chi connectivity index (χ1v) is 13.1. The zero-order chi connectivity index (χ0) is 26.0. The molecule has 36 heavy (non-hydrogen) atoms. The van der Waals surface area contributed by atoms with Gasteiger partial charge in [0.05, 0.1) is 18.1 Å². The normalized spacial score (nSPS) is 17.8. The molecule has 188 valence electrons. The van der Waals surface area contributed by atoms with Crippen LogP contribution in [0.2, 0.25) is 5.02 Å². The largest absolute Gasteiger partial charge is 0.395 e. The van der Waals surface area contributed by atoms with Crippen molar-refractivity contribution in [3.63, 3.8) is 0 Å². The van der Waals surface area contributed by atoms with Crippen LogP contribution in [0.5, 0.6) is 0 Å². The predicted molar refractivity (Wildman–Crippen MR) is 147 cm³/mol. The van der Waals surface area contributed by atoms with E-state index in [-0.39, 0.29) is 30.2 Å². The number of aromatic nitrogens is 1. The Hall–Kier alpha value is -2.68. The monoisotopic (exact) mass is 543 g/mol. The van der Waals surface area contributed by atoms with E-state index < -0.39 is 0 Å². The highest BCUT2D eigenvalue weighted by atomic mass is 35.5. The van der Waals surface area contributed by atoms with Crippen molar-refractivity contribution in [2.24, 2.45) is 7.05 Å². The van der Waals surface area contributed by atoms with Gasteiger partial charge in [0.15, 0.2) is 0 Å². The lowest BCUT2D eigenvalue weighted by Crippen LogP contribution is -2.49. The van der Waals surface area contributed by atoms with E-state index in [1.54, 1.807) is 26.1 Å². The lowest BCUT2D eigenvalue weighted by molar-refractivity contribution is -0.122. The number of hydrogen-bond donors (Lipinski definition) is 1. The van der Waals surface area contributed by atoms with Crippen LogP contribution in [0.3, 0.4) is 0 Å². The number of thiocarbonyl (C=S) groups is 1. The summed E-state index contributed by atoms with van der Waals surface area (Å²) in [5.74, 6) is 0.423. The minimum Gasteiger partial charge on any atom is -0.395 e. The van der Waals surface area contributed by atoms with E-state index in [0.717, 1.165) is 18.7 Å². The van der Waals surface area contributed by atoms with Gasteiger partial charge in [-0.05, 0) is 30.2 Å². The molecule has 4 rings (SSSR count). The number of amides is 1. The number of benzene rings is 1. The third-order valence-electron chi connectivity index (χ3n) is 6.49. The maximum atomic E-state index is 13.4. The Bertz CT molecular complexity index is 1340. The number of carbonyl (C=O) groups excluding carboxylic acids is 1. The van der Waals surface area contributed by atoms with Gasteiger partial charge in [-0.25, -0.2) is 0 Å². The quantitative estimate of drug-likeness (QED) is 0.439. The Balaban J connectivity index is 1.73. The van der Waals surface area contributed by atoms with Crippen molar-refractivity contribution < 1.29 is 9.90 Å². The molecule has 3 heterocycles. The van der Waals surface area contributed by atoms with Crippen LogP contribution in [0.4, 0.5) is 5.82 Å². The van der Waals surface area contributed by atoms with Crippen LogP contribution in [-0.4, -0.2) is 69.0 Å². The molecule has 0 saturated carbocycles. The lowest BCUT2D eigenvalue weighted by Gasteiger charge is -2.37. The fourth-order valence-corrected chi connectivity index (χ4v) is 5.92. The van der Waals surface area contributed by atoms with Gasteiger partial charge in [0.1, 0.15) is 21.8 Å². The Morgan fingerprint density at radius 3 is 2.56 bits per heavy atom. The maximum absolute atomic E-state index is 13.4. The summed E-state index contributed by atoms with van der Waals surface area (Å²) in [6.45, 7) is 5.44. The molecule has 0 radical (unpaired) electrons. The molecule has 2 aliphatic rings. The number of nitrogens with zero attached hydrogens (tertiary/aromatic N) is 5. The number of anilines is 1. The predicted octanol–water partition coefficient (Wildman–Crippen LogP) is 2.73. The van der Waals surface area contributed by atoms with E-state index in [1.807, 2.05) is 24.3 Å². The van der Waals surface area contributed by atoms with Gasteiger partial charge < -0.3 is 10.0 Å². The van der Waals surface area contributed by atoms with E-state index in [9.17, 15) is 20.0 Å². The second kappa shape index (κ2) is 11.2. The Morgan fingerprint density at radius 1 is 1.22 bits per heavy atom. The van der Waals surface area contributed by atoms with Crippen molar-refractivity contribution in [3.8, 4) is 6.07 Å². The molecule has 0 atom stereocenters. The molecular weight excluding hydrogens is 518 g/mol. The van der Waals surface area contributed by atoms with Crippen LogP contribution in [0.25, 0.3) is 6.08 Å². The van der Waals surface area contributed by atoms with Crippen molar-refractivity contribution in [2.45, 2.75) is 13.5 Å². The summed E-state index contributed by atoms with van der Waals surface area (Å²) in [4.78, 5) is 32.6. The van der Waals surface area contributed by atoms with Gasteiger partial charge in [0.25, 0.3) is 11.5 Å². The summed E-state index contributed by atoms with van der Waals surface area (Å²) >= 11 is 13.0. The molecule has 8 nitrogen and oxygen atoms in total. The van der Waals surface area contributed by atoms with Gasteiger partial charge in [-0.1, -0.05) is 53.8 Å². The van der Waals surface area contributed by atoms with Crippen molar-refractivity contribution in [1.82, 2.24) is 14.4 Å². The summed E-state index contributed by atoms with van der Waals surface area (Å²) in [7, 11) is 1.65. The van der Waals surface area contributed by atoms with E-state index in [4.69, 9.17) is 23.8 Å². The molecule has 2 aliphatic heterocycles. The third-order valence-corrected chi connectivity index (χ3v) is 8.24. The zero-order valence-corrected chi connectivity index (χ0v) is 22.4. The number of halogens is 1. The molecule has 1 amide bonds. The summed E-state index contributed by atoms with van der Waals surface area (Å²) in [6, 6.07) is 9.35. The topological polar surface area (TPSA) is 92.8 Å². The zero-order valence-electron chi connectivity index (χ0n) is 20.0. The number of rotatable bonds is 6. The van der Waals surface area contributed by atoms with Gasteiger partial charge in [-0.3, -0.25) is 24.0 Å². The number of hydrogen-bond acceptors (Lipinski definition) is 8. The molecule has 2 saturated heterocycles. The molecule has 0 aliphatic carbocycles. The Kier molecular flexibility index (Phi) is 8.17. The molecule has 0 unspecified atom stereocenters. The number of aliphatic hydroxyl groups excluding tert-OH is 1. The summed E-state index contributed by atoms with van der Waals surface area (Å²) in [5.41, 5.74) is 1.67. The summed E-state index contributed by atoms with van der Waals surface area (Å²) < 4.78 is 1.91. The minimum absolute atomic E-state index is 0.0537. The van der Waals surface area contributed by atoms with Gasteiger partial charge in [-0.15, -0.1) is 0 Å². The summed E-state index contributed by atoms with van der Waals surface area (Å²) in [6.07, 6.45) is 1.75. The van der Waals surface area contributed by atoms with Gasteiger partial charge >= 0.3 is 0 Å².